The Morgan fingerprint density at radius 1 is 1.33 bits per heavy atom. The quantitative estimate of drug-likeness (QED) is 0.870. The van der Waals surface area contributed by atoms with Gasteiger partial charge in [-0.25, -0.2) is 0 Å². The Bertz CT molecular complexity index is 516. The van der Waals surface area contributed by atoms with Gasteiger partial charge < -0.3 is 10.1 Å². The van der Waals surface area contributed by atoms with Gasteiger partial charge in [0.15, 0.2) is 0 Å². The van der Waals surface area contributed by atoms with E-state index < -0.39 is 0 Å². The molecule has 1 amide bonds. The molecule has 1 N–H and O–H groups in total. The number of methoxy groups -OCH3 is 1. The summed E-state index contributed by atoms with van der Waals surface area (Å²) in [6, 6.07) is 2.17. The van der Waals surface area contributed by atoms with Gasteiger partial charge in [0.05, 0.1) is 17.9 Å². The van der Waals surface area contributed by atoms with E-state index in [-0.39, 0.29) is 23.8 Å². The Morgan fingerprint density at radius 2 is 2.00 bits per heavy atom. The Kier molecular flexibility index (Phi) is 5.39. The third-order valence-electron chi connectivity index (χ3n) is 4.22. The Balaban J connectivity index is 1.88. The van der Waals surface area contributed by atoms with Crippen LogP contribution < -0.4 is 5.32 Å². The molecular formula is C16H23NO3S. The highest BCUT2D eigenvalue weighted by atomic mass is 32.1. The highest BCUT2D eigenvalue weighted by Gasteiger charge is 2.28. The number of esters is 1. The van der Waals surface area contributed by atoms with Crippen molar-refractivity contribution in [3.8, 4) is 0 Å². The average Bonchev–Trinajstić information content (AvgIpc) is 2.88. The second-order valence-corrected chi connectivity index (χ2v) is 6.85. The SMILES string of the molecule is CCc1cc(C(=O)NC2CCC(C(=O)OC)CC2)sc1C. The van der Waals surface area contributed by atoms with Crippen LogP contribution in [-0.2, 0) is 16.0 Å². The van der Waals surface area contributed by atoms with Crippen molar-refractivity contribution in [1.82, 2.24) is 5.32 Å². The largest absolute Gasteiger partial charge is 0.469 e. The highest BCUT2D eigenvalue weighted by Crippen LogP contribution is 2.26. The average molecular weight is 309 g/mol. The van der Waals surface area contributed by atoms with Crippen LogP contribution in [-0.4, -0.2) is 25.0 Å². The van der Waals surface area contributed by atoms with Crippen molar-refractivity contribution in [2.75, 3.05) is 7.11 Å². The van der Waals surface area contributed by atoms with Crippen LogP contribution in [0.25, 0.3) is 0 Å². The van der Waals surface area contributed by atoms with Gasteiger partial charge in [0, 0.05) is 10.9 Å². The molecule has 21 heavy (non-hydrogen) atoms. The molecule has 0 atom stereocenters. The number of hydrogen-bond acceptors (Lipinski definition) is 4. The molecule has 4 nitrogen and oxygen atoms in total. The van der Waals surface area contributed by atoms with Gasteiger partial charge in [-0.15, -0.1) is 11.3 Å². The maximum absolute atomic E-state index is 12.3. The van der Waals surface area contributed by atoms with Crippen LogP contribution in [0, 0.1) is 12.8 Å². The van der Waals surface area contributed by atoms with E-state index in [4.69, 9.17) is 4.74 Å². The second kappa shape index (κ2) is 7.07. The number of carbonyl (C=O) groups excluding carboxylic acids is 2. The topological polar surface area (TPSA) is 55.4 Å². The lowest BCUT2D eigenvalue weighted by Gasteiger charge is -2.27. The predicted octanol–water partition coefficient (Wildman–Crippen LogP) is 3.08. The minimum atomic E-state index is -0.124. The molecule has 1 aromatic rings. The lowest BCUT2D eigenvalue weighted by molar-refractivity contribution is -0.146. The van der Waals surface area contributed by atoms with E-state index in [1.54, 1.807) is 11.3 Å². The van der Waals surface area contributed by atoms with Gasteiger partial charge in [0.2, 0.25) is 0 Å². The van der Waals surface area contributed by atoms with Crippen LogP contribution in [0.4, 0.5) is 0 Å². The van der Waals surface area contributed by atoms with Crippen molar-refractivity contribution in [2.24, 2.45) is 5.92 Å². The summed E-state index contributed by atoms with van der Waals surface area (Å²) in [6.45, 7) is 4.16. The number of thiophene rings is 1. The first-order valence-electron chi connectivity index (χ1n) is 7.53. The fraction of sp³-hybridized carbons (Fsp3) is 0.625. The molecular weight excluding hydrogens is 286 g/mol. The molecule has 1 aromatic heterocycles. The van der Waals surface area contributed by atoms with Gasteiger partial charge >= 0.3 is 5.97 Å². The number of ether oxygens (including phenoxy) is 1. The number of aryl methyl sites for hydroxylation is 2. The molecule has 0 spiro atoms. The van der Waals surface area contributed by atoms with Crippen LogP contribution >= 0.6 is 11.3 Å². The molecule has 1 fully saturated rings. The molecule has 1 aliphatic rings. The fourth-order valence-electron chi connectivity index (χ4n) is 2.88. The predicted molar refractivity (Wildman–Crippen MR) is 83.7 cm³/mol. The van der Waals surface area contributed by atoms with Gasteiger partial charge in [-0.2, -0.15) is 0 Å². The standard InChI is InChI=1S/C16H23NO3S/c1-4-11-9-14(21-10(11)2)15(18)17-13-7-5-12(6-8-13)16(19)20-3/h9,12-13H,4-8H2,1-3H3,(H,17,18). The van der Waals surface area contributed by atoms with Crippen LogP contribution in [0.15, 0.2) is 6.07 Å². The minimum Gasteiger partial charge on any atom is -0.469 e. The monoisotopic (exact) mass is 309 g/mol. The first-order chi connectivity index (χ1) is 10.0. The van der Waals surface area contributed by atoms with Crippen LogP contribution in [0.1, 0.15) is 52.7 Å². The molecule has 0 bridgehead atoms. The van der Waals surface area contributed by atoms with Crippen molar-refractivity contribution < 1.29 is 14.3 Å². The molecule has 1 saturated carbocycles. The summed E-state index contributed by atoms with van der Waals surface area (Å²) >= 11 is 1.56. The van der Waals surface area contributed by atoms with E-state index >= 15 is 0 Å². The summed E-state index contributed by atoms with van der Waals surface area (Å²) in [5, 5.41) is 3.10. The third-order valence-corrected chi connectivity index (χ3v) is 5.31. The molecule has 0 saturated heterocycles. The van der Waals surface area contributed by atoms with E-state index in [1.165, 1.54) is 17.6 Å². The first-order valence-corrected chi connectivity index (χ1v) is 8.34. The van der Waals surface area contributed by atoms with Crippen molar-refractivity contribution in [2.45, 2.75) is 52.0 Å². The van der Waals surface area contributed by atoms with Gasteiger partial charge in [0.1, 0.15) is 0 Å². The summed E-state index contributed by atoms with van der Waals surface area (Å²) in [5.74, 6) is -0.107. The molecule has 2 rings (SSSR count). The van der Waals surface area contributed by atoms with Gasteiger partial charge in [-0.05, 0) is 50.7 Å². The van der Waals surface area contributed by atoms with Crippen molar-refractivity contribution in [1.29, 1.82) is 0 Å². The molecule has 0 radical (unpaired) electrons. The van der Waals surface area contributed by atoms with Gasteiger partial charge in [-0.3, -0.25) is 9.59 Å². The van der Waals surface area contributed by atoms with Crippen molar-refractivity contribution in [3.05, 3.63) is 21.4 Å². The Morgan fingerprint density at radius 3 is 2.52 bits per heavy atom. The van der Waals surface area contributed by atoms with Crippen molar-refractivity contribution in [3.63, 3.8) is 0 Å². The highest BCUT2D eigenvalue weighted by molar-refractivity contribution is 7.14. The smallest absolute Gasteiger partial charge is 0.308 e. The zero-order valence-corrected chi connectivity index (χ0v) is 13.7. The van der Waals surface area contributed by atoms with E-state index in [9.17, 15) is 9.59 Å². The van der Waals surface area contributed by atoms with Crippen LogP contribution in [0.3, 0.4) is 0 Å². The molecule has 1 heterocycles. The minimum absolute atomic E-state index is 0.00108. The summed E-state index contributed by atoms with van der Waals surface area (Å²) in [7, 11) is 1.43. The molecule has 0 aromatic carbocycles. The van der Waals surface area contributed by atoms with E-state index in [2.05, 4.69) is 19.2 Å². The lowest BCUT2D eigenvalue weighted by Crippen LogP contribution is -2.38. The molecule has 116 valence electrons. The maximum atomic E-state index is 12.3. The Labute approximate surface area is 129 Å². The Hall–Kier alpha value is -1.36. The zero-order chi connectivity index (χ0) is 15.4. The number of amides is 1. The van der Waals surface area contributed by atoms with Gasteiger partial charge in [-0.1, -0.05) is 6.92 Å². The summed E-state index contributed by atoms with van der Waals surface area (Å²) in [6.07, 6.45) is 4.23. The number of hydrogen-bond donors (Lipinski definition) is 1. The van der Waals surface area contributed by atoms with Crippen LogP contribution in [0.5, 0.6) is 0 Å². The molecule has 5 heteroatoms. The maximum Gasteiger partial charge on any atom is 0.308 e. The van der Waals surface area contributed by atoms with E-state index in [1.807, 2.05) is 6.07 Å². The lowest BCUT2D eigenvalue weighted by atomic mass is 9.86. The van der Waals surface area contributed by atoms with E-state index in [0.717, 1.165) is 37.0 Å². The summed E-state index contributed by atoms with van der Waals surface area (Å²) in [4.78, 5) is 25.8. The van der Waals surface area contributed by atoms with Crippen molar-refractivity contribution >= 4 is 23.2 Å². The fourth-order valence-corrected chi connectivity index (χ4v) is 3.90. The molecule has 1 aliphatic carbocycles. The third kappa shape index (κ3) is 3.84. The number of rotatable bonds is 4. The summed E-state index contributed by atoms with van der Waals surface area (Å²) < 4.78 is 4.78. The normalized spacial score (nSPS) is 21.9. The molecule has 0 unspecified atom stereocenters. The summed E-state index contributed by atoms with van der Waals surface area (Å²) in [5.41, 5.74) is 1.25. The number of carbonyl (C=O) groups is 2. The van der Waals surface area contributed by atoms with Gasteiger partial charge in [0.25, 0.3) is 5.91 Å². The zero-order valence-electron chi connectivity index (χ0n) is 12.9. The van der Waals surface area contributed by atoms with E-state index in [0.29, 0.717) is 0 Å². The number of nitrogens with one attached hydrogen (secondary N) is 1. The van der Waals surface area contributed by atoms with Crippen LogP contribution in [0.2, 0.25) is 0 Å². The first kappa shape index (κ1) is 16.0. The molecule has 0 aliphatic heterocycles. The second-order valence-electron chi connectivity index (χ2n) is 5.59.